The molecule has 1 heterocycles. The highest BCUT2D eigenvalue weighted by Crippen LogP contribution is 2.38. The average Bonchev–Trinajstić information content (AvgIpc) is 3.15. The molecular formula is C15H18F3NO. The third-order valence-electron chi connectivity index (χ3n) is 4.05. The van der Waals surface area contributed by atoms with E-state index in [1.54, 1.807) is 6.07 Å². The Bertz CT molecular complexity index is 470. The van der Waals surface area contributed by atoms with Crippen molar-refractivity contribution in [2.24, 2.45) is 5.92 Å². The van der Waals surface area contributed by atoms with Crippen molar-refractivity contribution in [3.05, 3.63) is 35.4 Å². The Labute approximate surface area is 116 Å². The van der Waals surface area contributed by atoms with E-state index in [4.69, 9.17) is 4.74 Å². The minimum atomic E-state index is -4.27. The van der Waals surface area contributed by atoms with Crippen LogP contribution in [0.1, 0.15) is 30.4 Å². The Kier molecular flexibility index (Phi) is 3.73. The lowest BCUT2D eigenvalue weighted by Crippen LogP contribution is -2.37. The summed E-state index contributed by atoms with van der Waals surface area (Å²) in [6.07, 6.45) is -0.650. The minimum absolute atomic E-state index is 0.251. The third-order valence-corrected chi connectivity index (χ3v) is 4.05. The summed E-state index contributed by atoms with van der Waals surface area (Å²) >= 11 is 0. The topological polar surface area (TPSA) is 21.3 Å². The molecule has 1 aromatic rings. The van der Waals surface area contributed by atoms with Gasteiger partial charge in [0, 0.05) is 19.2 Å². The van der Waals surface area contributed by atoms with Gasteiger partial charge in [0.2, 0.25) is 0 Å². The summed E-state index contributed by atoms with van der Waals surface area (Å²) in [7, 11) is 0. The molecule has 2 fully saturated rings. The number of rotatable bonds is 4. The molecule has 1 saturated heterocycles. The quantitative estimate of drug-likeness (QED) is 0.916. The van der Waals surface area contributed by atoms with Crippen LogP contribution in [0.3, 0.4) is 0 Å². The predicted octanol–water partition coefficient (Wildman–Crippen LogP) is 3.36. The Morgan fingerprint density at radius 1 is 1.20 bits per heavy atom. The SMILES string of the molecule is FC(F)(F)c1cccc(CNC2CCOC2C2CC2)c1. The van der Waals surface area contributed by atoms with Gasteiger partial charge in [-0.3, -0.25) is 0 Å². The van der Waals surface area contributed by atoms with Crippen molar-refractivity contribution in [1.29, 1.82) is 0 Å². The van der Waals surface area contributed by atoms with Gasteiger partial charge < -0.3 is 10.1 Å². The largest absolute Gasteiger partial charge is 0.416 e. The zero-order valence-corrected chi connectivity index (χ0v) is 11.1. The van der Waals surface area contributed by atoms with E-state index in [0.29, 0.717) is 18.0 Å². The van der Waals surface area contributed by atoms with Crippen LogP contribution in [0.25, 0.3) is 0 Å². The number of alkyl halides is 3. The number of hydrogen-bond donors (Lipinski definition) is 1. The van der Waals surface area contributed by atoms with E-state index in [9.17, 15) is 13.2 Å². The van der Waals surface area contributed by atoms with E-state index < -0.39 is 11.7 Å². The molecule has 20 heavy (non-hydrogen) atoms. The molecule has 0 spiro atoms. The standard InChI is InChI=1S/C15H18F3NO/c16-15(17,18)12-3-1-2-10(8-12)9-19-13-6-7-20-14(13)11-4-5-11/h1-3,8,11,13-14,19H,4-7,9H2. The highest BCUT2D eigenvalue weighted by atomic mass is 19.4. The van der Waals surface area contributed by atoms with Crippen molar-refractivity contribution in [3.8, 4) is 0 Å². The van der Waals surface area contributed by atoms with Crippen LogP contribution in [0.2, 0.25) is 0 Å². The van der Waals surface area contributed by atoms with Crippen LogP contribution < -0.4 is 5.32 Å². The van der Waals surface area contributed by atoms with E-state index in [1.165, 1.54) is 25.0 Å². The molecule has 1 aliphatic heterocycles. The normalized spacial score (nSPS) is 26.9. The molecule has 2 atom stereocenters. The predicted molar refractivity (Wildman–Crippen MR) is 69.2 cm³/mol. The molecule has 1 aliphatic carbocycles. The molecule has 1 saturated carbocycles. The lowest BCUT2D eigenvalue weighted by atomic mass is 10.1. The summed E-state index contributed by atoms with van der Waals surface area (Å²) in [5, 5.41) is 3.36. The van der Waals surface area contributed by atoms with Crippen LogP contribution in [0.4, 0.5) is 13.2 Å². The van der Waals surface area contributed by atoms with Crippen LogP contribution in [0.15, 0.2) is 24.3 Å². The molecule has 0 aromatic heterocycles. The van der Waals surface area contributed by atoms with Crippen molar-refractivity contribution in [2.75, 3.05) is 6.61 Å². The second-order valence-electron chi connectivity index (χ2n) is 5.65. The first kappa shape index (κ1) is 13.9. The van der Waals surface area contributed by atoms with E-state index in [2.05, 4.69) is 5.32 Å². The van der Waals surface area contributed by atoms with Crippen molar-refractivity contribution >= 4 is 0 Å². The van der Waals surface area contributed by atoms with Crippen LogP contribution in [-0.4, -0.2) is 18.8 Å². The highest BCUT2D eigenvalue weighted by Gasteiger charge is 2.40. The summed E-state index contributed by atoms with van der Waals surface area (Å²) in [6.45, 7) is 1.21. The van der Waals surface area contributed by atoms with Gasteiger partial charge in [-0.1, -0.05) is 18.2 Å². The summed E-state index contributed by atoms with van der Waals surface area (Å²) in [5.74, 6) is 0.650. The van der Waals surface area contributed by atoms with Gasteiger partial charge in [-0.05, 0) is 36.8 Å². The number of nitrogens with one attached hydrogen (secondary N) is 1. The van der Waals surface area contributed by atoms with Crippen LogP contribution in [0.5, 0.6) is 0 Å². The maximum Gasteiger partial charge on any atom is 0.416 e. The number of benzene rings is 1. The van der Waals surface area contributed by atoms with E-state index >= 15 is 0 Å². The summed E-state index contributed by atoms with van der Waals surface area (Å²) in [4.78, 5) is 0. The fraction of sp³-hybridized carbons (Fsp3) is 0.600. The zero-order valence-electron chi connectivity index (χ0n) is 11.1. The van der Waals surface area contributed by atoms with Gasteiger partial charge in [0.15, 0.2) is 0 Å². The second kappa shape index (κ2) is 5.37. The van der Waals surface area contributed by atoms with Crippen LogP contribution >= 0.6 is 0 Å². The lowest BCUT2D eigenvalue weighted by molar-refractivity contribution is -0.137. The summed E-state index contributed by atoms with van der Waals surface area (Å²) in [5.41, 5.74) is 0.0829. The van der Waals surface area contributed by atoms with Crippen LogP contribution in [0, 0.1) is 5.92 Å². The van der Waals surface area contributed by atoms with Gasteiger partial charge in [0.1, 0.15) is 0 Å². The Balaban J connectivity index is 1.60. The Morgan fingerprint density at radius 2 is 2.00 bits per heavy atom. The molecule has 110 valence electrons. The first-order valence-electron chi connectivity index (χ1n) is 7.05. The molecule has 2 nitrogen and oxygen atoms in total. The van der Waals surface area contributed by atoms with Crippen LogP contribution in [-0.2, 0) is 17.5 Å². The fourth-order valence-corrected chi connectivity index (χ4v) is 2.83. The molecular weight excluding hydrogens is 267 g/mol. The van der Waals surface area contributed by atoms with Gasteiger partial charge in [0.05, 0.1) is 11.7 Å². The molecule has 0 amide bonds. The van der Waals surface area contributed by atoms with Crippen molar-refractivity contribution in [1.82, 2.24) is 5.32 Å². The lowest BCUT2D eigenvalue weighted by Gasteiger charge is -2.19. The molecule has 5 heteroatoms. The van der Waals surface area contributed by atoms with E-state index in [0.717, 1.165) is 19.1 Å². The van der Waals surface area contributed by atoms with Crippen molar-refractivity contribution in [2.45, 2.75) is 44.1 Å². The molecule has 1 aromatic carbocycles. The van der Waals surface area contributed by atoms with Crippen molar-refractivity contribution in [3.63, 3.8) is 0 Å². The van der Waals surface area contributed by atoms with Gasteiger partial charge >= 0.3 is 6.18 Å². The summed E-state index contributed by atoms with van der Waals surface area (Å²) < 4.78 is 43.6. The van der Waals surface area contributed by atoms with Crippen molar-refractivity contribution < 1.29 is 17.9 Å². The van der Waals surface area contributed by atoms with Gasteiger partial charge in [-0.15, -0.1) is 0 Å². The number of hydrogen-bond acceptors (Lipinski definition) is 2. The van der Waals surface area contributed by atoms with Gasteiger partial charge in [-0.2, -0.15) is 13.2 Å². The Hall–Kier alpha value is -1.07. The third kappa shape index (κ3) is 3.15. The zero-order chi connectivity index (χ0) is 14.2. The summed E-state index contributed by atoms with van der Waals surface area (Å²) in [6, 6.07) is 5.79. The second-order valence-corrected chi connectivity index (χ2v) is 5.65. The van der Waals surface area contributed by atoms with E-state index in [-0.39, 0.29) is 12.1 Å². The van der Waals surface area contributed by atoms with E-state index in [1.807, 2.05) is 0 Å². The first-order chi connectivity index (χ1) is 9.54. The first-order valence-corrected chi connectivity index (χ1v) is 7.05. The Morgan fingerprint density at radius 3 is 2.70 bits per heavy atom. The number of halogens is 3. The monoisotopic (exact) mass is 285 g/mol. The fourth-order valence-electron chi connectivity index (χ4n) is 2.83. The molecule has 1 N–H and O–H groups in total. The molecule has 2 unspecified atom stereocenters. The molecule has 2 aliphatic rings. The minimum Gasteiger partial charge on any atom is -0.376 e. The molecule has 3 rings (SSSR count). The average molecular weight is 285 g/mol. The smallest absolute Gasteiger partial charge is 0.376 e. The maximum atomic E-state index is 12.6. The maximum absolute atomic E-state index is 12.6. The molecule has 0 radical (unpaired) electrons. The highest BCUT2D eigenvalue weighted by molar-refractivity contribution is 5.25. The number of ether oxygens (including phenoxy) is 1. The molecule has 0 bridgehead atoms. The van der Waals surface area contributed by atoms with Gasteiger partial charge in [0.25, 0.3) is 0 Å². The van der Waals surface area contributed by atoms with Gasteiger partial charge in [-0.25, -0.2) is 0 Å².